The normalized spacial score (nSPS) is 21.8. The molecule has 0 amide bonds. The van der Waals surface area contributed by atoms with Crippen molar-refractivity contribution < 1.29 is 4.74 Å². The van der Waals surface area contributed by atoms with Crippen LogP contribution in [0.15, 0.2) is 18.2 Å². The third-order valence-corrected chi connectivity index (χ3v) is 6.08. The molecule has 2 heterocycles. The minimum absolute atomic E-state index is 0.428. The predicted molar refractivity (Wildman–Crippen MR) is 109 cm³/mol. The van der Waals surface area contributed by atoms with Crippen LogP contribution in [0.3, 0.4) is 0 Å². The molecule has 0 aliphatic carbocycles. The van der Waals surface area contributed by atoms with Crippen molar-refractivity contribution in [3.63, 3.8) is 0 Å². The Labute approximate surface area is 161 Å². The molecule has 1 unspecified atom stereocenters. The van der Waals surface area contributed by atoms with E-state index in [2.05, 4.69) is 22.2 Å². The molecule has 1 aromatic carbocycles. The Balaban J connectivity index is 1.46. The first-order chi connectivity index (χ1) is 12.0. The van der Waals surface area contributed by atoms with E-state index in [0.717, 1.165) is 60.5 Å². The third-order valence-electron chi connectivity index (χ3n) is 5.31. The molecule has 0 bridgehead atoms. The van der Waals surface area contributed by atoms with Crippen LogP contribution in [0.4, 0.5) is 5.69 Å². The molecule has 0 aromatic heterocycles. The topological polar surface area (TPSA) is 27.7 Å². The smallest absolute Gasteiger partial charge is 0.173 e. The first-order valence-electron chi connectivity index (χ1n) is 9.17. The van der Waals surface area contributed by atoms with Crippen LogP contribution in [0, 0.1) is 6.92 Å². The first kappa shape index (κ1) is 18.9. The number of halogens is 1. The van der Waals surface area contributed by atoms with E-state index < -0.39 is 0 Å². The molecular weight excluding hydrogens is 354 g/mol. The van der Waals surface area contributed by atoms with Crippen molar-refractivity contribution in [1.82, 2.24) is 9.80 Å². The Kier molecular flexibility index (Phi) is 6.55. The Hall–Kier alpha value is -0.880. The average Bonchev–Trinajstić information content (AvgIpc) is 3.11. The highest BCUT2D eigenvalue weighted by Gasteiger charge is 2.26. The molecule has 2 fully saturated rings. The number of hydrogen-bond donors (Lipinski definition) is 1. The number of likely N-dealkylation sites (tertiary alicyclic amines) is 1. The van der Waals surface area contributed by atoms with Crippen LogP contribution in [-0.4, -0.2) is 60.3 Å². The molecule has 6 heteroatoms. The second kappa shape index (κ2) is 8.67. The second-order valence-electron chi connectivity index (χ2n) is 7.19. The van der Waals surface area contributed by atoms with E-state index in [1.54, 1.807) is 0 Å². The molecule has 0 saturated carbocycles. The number of nitrogens with one attached hydrogen (secondary N) is 1. The molecule has 2 saturated heterocycles. The number of nitrogens with zero attached hydrogens (tertiary/aromatic N) is 2. The lowest BCUT2D eigenvalue weighted by atomic mass is 10.0. The molecule has 1 aromatic rings. The summed E-state index contributed by atoms with van der Waals surface area (Å²) in [6, 6.07) is 6.60. The Morgan fingerprint density at radius 3 is 2.76 bits per heavy atom. The number of likely N-dealkylation sites (N-methyl/N-ethyl adjacent to an activating group) is 1. The number of piperidine rings is 1. The first-order valence-corrected chi connectivity index (χ1v) is 9.95. The third kappa shape index (κ3) is 5.07. The minimum atomic E-state index is 0.428. The van der Waals surface area contributed by atoms with Crippen LogP contribution in [0.1, 0.15) is 31.2 Å². The fourth-order valence-electron chi connectivity index (χ4n) is 3.64. The van der Waals surface area contributed by atoms with Gasteiger partial charge in [-0.05, 0) is 69.6 Å². The lowest BCUT2D eigenvalue weighted by molar-refractivity contribution is 0.0576. The summed E-state index contributed by atoms with van der Waals surface area (Å²) in [4.78, 5) is 4.74. The Morgan fingerprint density at radius 1 is 1.36 bits per heavy atom. The lowest BCUT2D eigenvalue weighted by Crippen LogP contribution is -2.48. The number of benzene rings is 1. The zero-order valence-electron chi connectivity index (χ0n) is 15.1. The van der Waals surface area contributed by atoms with E-state index in [0.29, 0.717) is 12.1 Å². The fraction of sp³-hybridized carbons (Fsp3) is 0.632. The van der Waals surface area contributed by atoms with E-state index in [4.69, 9.17) is 28.6 Å². The van der Waals surface area contributed by atoms with Gasteiger partial charge < -0.3 is 19.9 Å². The summed E-state index contributed by atoms with van der Waals surface area (Å²) in [5.41, 5.74) is 2.03. The molecule has 0 spiro atoms. The molecule has 1 atom stereocenters. The van der Waals surface area contributed by atoms with Crippen LogP contribution in [0.25, 0.3) is 0 Å². The van der Waals surface area contributed by atoms with Gasteiger partial charge in [-0.15, -0.1) is 0 Å². The van der Waals surface area contributed by atoms with Crippen LogP contribution in [-0.2, 0) is 4.74 Å². The minimum Gasteiger partial charge on any atom is -0.377 e. The van der Waals surface area contributed by atoms with Crippen molar-refractivity contribution in [3.8, 4) is 0 Å². The van der Waals surface area contributed by atoms with E-state index in [1.165, 1.54) is 12.8 Å². The SMILES string of the molecule is Cc1ccc(NC(=S)N2CCC(N(C)CC3CCCO3)CC2)cc1Cl. The number of thiocarbonyl (C=S) groups is 1. The summed E-state index contributed by atoms with van der Waals surface area (Å²) < 4.78 is 5.76. The van der Waals surface area contributed by atoms with Crippen molar-refractivity contribution in [3.05, 3.63) is 28.8 Å². The van der Waals surface area contributed by atoms with Gasteiger partial charge in [0, 0.05) is 43.0 Å². The van der Waals surface area contributed by atoms with Crippen LogP contribution in [0.5, 0.6) is 0 Å². The van der Waals surface area contributed by atoms with Gasteiger partial charge >= 0.3 is 0 Å². The Bertz CT molecular complexity index is 598. The number of anilines is 1. The second-order valence-corrected chi connectivity index (χ2v) is 7.98. The van der Waals surface area contributed by atoms with Gasteiger partial charge in [-0.2, -0.15) is 0 Å². The predicted octanol–water partition coefficient (Wildman–Crippen LogP) is 3.92. The van der Waals surface area contributed by atoms with Gasteiger partial charge in [-0.3, -0.25) is 0 Å². The molecule has 4 nitrogen and oxygen atoms in total. The van der Waals surface area contributed by atoms with Gasteiger partial charge in [0.15, 0.2) is 5.11 Å². The maximum Gasteiger partial charge on any atom is 0.173 e. The summed E-state index contributed by atoms with van der Waals surface area (Å²) >= 11 is 11.8. The summed E-state index contributed by atoms with van der Waals surface area (Å²) in [6.45, 7) is 5.97. The van der Waals surface area contributed by atoms with Gasteiger partial charge in [-0.1, -0.05) is 17.7 Å². The summed E-state index contributed by atoms with van der Waals surface area (Å²) in [7, 11) is 2.23. The van der Waals surface area contributed by atoms with Crippen molar-refractivity contribution in [2.45, 2.75) is 44.8 Å². The van der Waals surface area contributed by atoms with Crippen molar-refractivity contribution in [1.29, 1.82) is 0 Å². The van der Waals surface area contributed by atoms with Crippen LogP contribution < -0.4 is 5.32 Å². The maximum absolute atomic E-state index is 6.19. The number of rotatable bonds is 4. The standard InChI is InChI=1S/C19H28ClN3OS/c1-14-5-6-15(12-18(14)20)21-19(25)23-9-7-16(8-10-23)22(2)13-17-4-3-11-24-17/h5-6,12,16-17H,3-4,7-11,13H2,1-2H3,(H,21,25). The van der Waals surface area contributed by atoms with Crippen LogP contribution in [0.2, 0.25) is 5.02 Å². The van der Waals surface area contributed by atoms with E-state index in [-0.39, 0.29) is 0 Å². The van der Waals surface area contributed by atoms with Gasteiger partial charge in [-0.25, -0.2) is 0 Å². The van der Waals surface area contributed by atoms with Crippen molar-refractivity contribution in [2.24, 2.45) is 0 Å². The number of hydrogen-bond acceptors (Lipinski definition) is 3. The largest absolute Gasteiger partial charge is 0.377 e. The monoisotopic (exact) mass is 381 g/mol. The van der Waals surface area contributed by atoms with Crippen molar-refractivity contribution in [2.75, 3.05) is 38.6 Å². The fourth-order valence-corrected chi connectivity index (χ4v) is 4.12. The zero-order valence-corrected chi connectivity index (χ0v) is 16.7. The molecule has 1 N–H and O–H groups in total. The summed E-state index contributed by atoms with van der Waals surface area (Å²) in [5.74, 6) is 0. The van der Waals surface area contributed by atoms with E-state index >= 15 is 0 Å². The van der Waals surface area contributed by atoms with Gasteiger partial charge in [0.25, 0.3) is 0 Å². The average molecular weight is 382 g/mol. The molecule has 2 aliphatic heterocycles. The van der Waals surface area contributed by atoms with E-state index in [1.807, 2.05) is 25.1 Å². The maximum atomic E-state index is 6.19. The number of ether oxygens (including phenoxy) is 1. The van der Waals surface area contributed by atoms with E-state index in [9.17, 15) is 0 Å². The molecule has 0 radical (unpaired) electrons. The number of aryl methyl sites for hydroxylation is 1. The van der Waals surface area contributed by atoms with Crippen molar-refractivity contribution >= 4 is 34.6 Å². The van der Waals surface area contributed by atoms with Gasteiger partial charge in [0.2, 0.25) is 0 Å². The van der Waals surface area contributed by atoms with Crippen LogP contribution >= 0.6 is 23.8 Å². The highest BCUT2D eigenvalue weighted by molar-refractivity contribution is 7.80. The quantitative estimate of drug-likeness (QED) is 0.798. The molecule has 25 heavy (non-hydrogen) atoms. The summed E-state index contributed by atoms with van der Waals surface area (Å²) in [6.07, 6.45) is 5.12. The van der Waals surface area contributed by atoms with Gasteiger partial charge in [0.1, 0.15) is 0 Å². The highest BCUT2D eigenvalue weighted by Crippen LogP contribution is 2.22. The lowest BCUT2D eigenvalue weighted by Gasteiger charge is -2.38. The highest BCUT2D eigenvalue weighted by atomic mass is 35.5. The Morgan fingerprint density at radius 2 is 2.12 bits per heavy atom. The summed E-state index contributed by atoms with van der Waals surface area (Å²) in [5, 5.41) is 4.88. The molecule has 3 rings (SSSR count). The molecule has 138 valence electrons. The molecular formula is C19H28ClN3OS. The zero-order chi connectivity index (χ0) is 17.8. The molecule has 2 aliphatic rings. The van der Waals surface area contributed by atoms with Gasteiger partial charge in [0.05, 0.1) is 6.10 Å².